The summed E-state index contributed by atoms with van der Waals surface area (Å²) in [7, 11) is 0. The van der Waals surface area contributed by atoms with Gasteiger partial charge in [0.25, 0.3) is 0 Å². The van der Waals surface area contributed by atoms with E-state index in [0.29, 0.717) is 17.9 Å². The lowest BCUT2D eigenvalue weighted by atomic mass is 9.86. The van der Waals surface area contributed by atoms with Crippen LogP contribution in [0.25, 0.3) is 0 Å². The Hall–Kier alpha value is -4.22. The molecule has 0 fully saturated rings. The molecule has 0 spiro atoms. The summed E-state index contributed by atoms with van der Waals surface area (Å²) in [6, 6.07) is 34.5. The Bertz CT molecular complexity index is 1390. The molecule has 5 heteroatoms. The van der Waals surface area contributed by atoms with Gasteiger partial charge in [0, 0.05) is 11.5 Å². The average molecular weight is 537 g/mol. The highest BCUT2D eigenvalue weighted by atomic mass is 16.5. The average Bonchev–Trinajstić information content (AvgIpc) is 2.97. The van der Waals surface area contributed by atoms with Crippen molar-refractivity contribution in [2.24, 2.45) is 5.41 Å². The van der Waals surface area contributed by atoms with Crippen LogP contribution >= 0.6 is 0 Å². The third-order valence-electron chi connectivity index (χ3n) is 6.61. The summed E-state index contributed by atoms with van der Waals surface area (Å²) in [5.74, 6) is -0.469. The third kappa shape index (κ3) is 7.67. The number of carbonyl (C=O) groups is 2. The van der Waals surface area contributed by atoms with E-state index in [9.17, 15) is 9.59 Å². The van der Waals surface area contributed by atoms with Crippen molar-refractivity contribution >= 4 is 11.9 Å². The third-order valence-corrected chi connectivity index (χ3v) is 6.61. The molecule has 0 aliphatic rings. The molecule has 40 heavy (non-hydrogen) atoms. The molecule has 4 aromatic carbocycles. The highest BCUT2D eigenvalue weighted by Gasteiger charge is 2.29. The Kier molecular flexibility index (Phi) is 9.52. The first-order valence-corrected chi connectivity index (χ1v) is 13.5. The van der Waals surface area contributed by atoms with Gasteiger partial charge in [-0.05, 0) is 62.6 Å². The van der Waals surface area contributed by atoms with E-state index >= 15 is 0 Å². The van der Waals surface area contributed by atoms with E-state index in [-0.39, 0.29) is 30.6 Å². The van der Waals surface area contributed by atoms with Crippen molar-refractivity contribution in [2.45, 2.75) is 52.9 Å². The summed E-state index contributed by atoms with van der Waals surface area (Å²) in [5, 5.41) is 0. The maximum Gasteiger partial charge on any atom is 0.338 e. The van der Waals surface area contributed by atoms with Gasteiger partial charge in [0.05, 0.1) is 23.7 Å². The molecule has 206 valence electrons. The smallest absolute Gasteiger partial charge is 0.338 e. The lowest BCUT2D eigenvalue weighted by Gasteiger charge is -2.28. The Morgan fingerprint density at radius 3 is 1.85 bits per heavy atom. The Morgan fingerprint density at radius 2 is 1.25 bits per heavy atom. The number of para-hydroxylation sites is 1. The summed E-state index contributed by atoms with van der Waals surface area (Å²) >= 11 is 0. The van der Waals surface area contributed by atoms with Crippen molar-refractivity contribution in [3.05, 3.63) is 137 Å². The number of benzene rings is 4. The highest BCUT2D eigenvalue weighted by molar-refractivity contribution is 5.89. The van der Waals surface area contributed by atoms with Crippen molar-refractivity contribution in [2.75, 3.05) is 0 Å². The summed E-state index contributed by atoms with van der Waals surface area (Å²) in [5.41, 5.74) is 3.57. The van der Waals surface area contributed by atoms with Gasteiger partial charge in [-0.25, -0.2) is 4.79 Å². The topological polar surface area (TPSA) is 61.8 Å². The molecule has 4 rings (SSSR count). The van der Waals surface area contributed by atoms with Crippen molar-refractivity contribution in [3.8, 4) is 5.75 Å². The van der Waals surface area contributed by atoms with Crippen LogP contribution in [0.2, 0.25) is 0 Å². The maximum atomic E-state index is 12.8. The van der Waals surface area contributed by atoms with Gasteiger partial charge in [-0.2, -0.15) is 0 Å². The zero-order valence-corrected chi connectivity index (χ0v) is 23.5. The van der Waals surface area contributed by atoms with Crippen molar-refractivity contribution in [3.63, 3.8) is 0 Å². The minimum absolute atomic E-state index is 0.209. The molecule has 0 N–H and O–H groups in total. The van der Waals surface area contributed by atoms with Crippen molar-refractivity contribution in [1.82, 2.24) is 0 Å². The van der Waals surface area contributed by atoms with Gasteiger partial charge in [-0.15, -0.1) is 0 Å². The number of esters is 2. The number of ether oxygens (including phenoxy) is 3. The maximum absolute atomic E-state index is 12.8. The molecular weight excluding hydrogens is 500 g/mol. The number of rotatable bonds is 10. The zero-order valence-electron chi connectivity index (χ0n) is 23.5. The Morgan fingerprint density at radius 1 is 0.700 bits per heavy atom. The van der Waals surface area contributed by atoms with Crippen molar-refractivity contribution in [1.29, 1.82) is 0 Å². The quantitative estimate of drug-likeness (QED) is 0.153. The summed E-state index contributed by atoms with van der Waals surface area (Å²) in [4.78, 5) is 25.5. The largest absolute Gasteiger partial charge is 0.457 e. The molecule has 2 atom stereocenters. The molecule has 0 saturated carbocycles. The summed E-state index contributed by atoms with van der Waals surface area (Å²) in [6.07, 6.45) is -0.273. The second kappa shape index (κ2) is 13.2. The van der Waals surface area contributed by atoms with E-state index in [1.165, 1.54) is 0 Å². The molecule has 0 bridgehead atoms. The molecule has 2 unspecified atom stereocenters. The van der Waals surface area contributed by atoms with Crippen LogP contribution in [0.1, 0.15) is 66.2 Å². The zero-order chi connectivity index (χ0) is 28.5. The molecule has 0 aromatic heterocycles. The Balaban J connectivity index is 1.60. The second-order valence-electron chi connectivity index (χ2n) is 10.8. The van der Waals surface area contributed by atoms with Crippen LogP contribution in [0, 0.1) is 5.41 Å². The van der Waals surface area contributed by atoms with E-state index in [2.05, 4.69) is 0 Å². The van der Waals surface area contributed by atoms with Crippen LogP contribution in [0.15, 0.2) is 109 Å². The lowest BCUT2D eigenvalue weighted by Crippen LogP contribution is -2.27. The van der Waals surface area contributed by atoms with Crippen LogP contribution in [-0.4, -0.2) is 18.0 Å². The molecule has 5 nitrogen and oxygen atoms in total. The first kappa shape index (κ1) is 28.8. The predicted molar refractivity (Wildman–Crippen MR) is 156 cm³/mol. The van der Waals surface area contributed by atoms with Gasteiger partial charge in [0.1, 0.15) is 12.4 Å². The molecule has 0 radical (unpaired) electrons. The highest BCUT2D eigenvalue weighted by Crippen LogP contribution is 2.37. The summed E-state index contributed by atoms with van der Waals surface area (Å²) < 4.78 is 17.8. The molecule has 0 amide bonds. The Labute approximate surface area is 236 Å². The van der Waals surface area contributed by atoms with Gasteiger partial charge in [-0.3, -0.25) is 4.79 Å². The van der Waals surface area contributed by atoms with E-state index in [4.69, 9.17) is 14.2 Å². The van der Waals surface area contributed by atoms with Crippen LogP contribution in [0.4, 0.5) is 0 Å². The monoisotopic (exact) mass is 536 g/mol. The predicted octanol–water partition coefficient (Wildman–Crippen LogP) is 7.73. The molecule has 4 aromatic rings. The van der Waals surface area contributed by atoms with Gasteiger partial charge in [0.2, 0.25) is 0 Å². The van der Waals surface area contributed by atoms with Crippen LogP contribution in [-0.2, 0) is 27.5 Å². The van der Waals surface area contributed by atoms with E-state index in [0.717, 1.165) is 22.3 Å². The number of hydrogen-bond donors (Lipinski definition) is 0. The minimum Gasteiger partial charge on any atom is -0.457 e. The van der Waals surface area contributed by atoms with Crippen LogP contribution < -0.4 is 4.74 Å². The van der Waals surface area contributed by atoms with Crippen molar-refractivity contribution < 1.29 is 23.8 Å². The molecule has 0 heterocycles. The summed E-state index contributed by atoms with van der Waals surface area (Å²) in [6.45, 7) is 8.15. The standard InChI is InChI=1S/C35H36O5/c1-25(38-23-26-13-7-5-8-14-26)32(30-17-11-12-18-31(30)40-34(37)35(2,3)4)28-19-21-29(22-20-28)33(36)39-24-27-15-9-6-10-16-27/h5-22,25,32H,23-24H2,1-4H3. The van der Waals surface area contributed by atoms with E-state index in [1.54, 1.807) is 12.1 Å². The molecule has 0 aliphatic heterocycles. The van der Waals surface area contributed by atoms with Gasteiger partial charge in [0.15, 0.2) is 0 Å². The molecule has 0 aliphatic carbocycles. The van der Waals surface area contributed by atoms with Gasteiger partial charge in [-0.1, -0.05) is 91.0 Å². The fraction of sp³-hybridized carbons (Fsp3) is 0.257. The van der Waals surface area contributed by atoms with E-state index < -0.39 is 5.41 Å². The number of carbonyl (C=O) groups excluding carboxylic acids is 2. The van der Waals surface area contributed by atoms with Crippen LogP contribution in [0.3, 0.4) is 0 Å². The normalized spacial score (nSPS) is 12.8. The fourth-order valence-corrected chi connectivity index (χ4v) is 4.32. The van der Waals surface area contributed by atoms with Gasteiger partial charge >= 0.3 is 11.9 Å². The second-order valence-corrected chi connectivity index (χ2v) is 10.8. The molecular formula is C35H36O5. The first-order chi connectivity index (χ1) is 19.2. The van der Waals surface area contributed by atoms with E-state index in [1.807, 2.05) is 125 Å². The molecule has 0 saturated heterocycles. The van der Waals surface area contributed by atoms with Gasteiger partial charge < -0.3 is 14.2 Å². The van der Waals surface area contributed by atoms with Crippen LogP contribution in [0.5, 0.6) is 5.75 Å². The fourth-order valence-electron chi connectivity index (χ4n) is 4.32. The lowest BCUT2D eigenvalue weighted by molar-refractivity contribution is -0.143. The SMILES string of the molecule is CC(OCc1ccccc1)C(c1ccc(C(=O)OCc2ccccc2)cc1)c1ccccc1OC(=O)C(C)(C)C. The first-order valence-electron chi connectivity index (χ1n) is 13.5. The minimum atomic E-state index is -0.653. The number of hydrogen-bond acceptors (Lipinski definition) is 5.